The Labute approximate surface area is 154 Å². The van der Waals surface area contributed by atoms with Crippen molar-refractivity contribution in [1.82, 2.24) is 5.32 Å². The zero-order valence-electron chi connectivity index (χ0n) is 16.0. The highest BCUT2D eigenvalue weighted by molar-refractivity contribution is 5.76. The van der Waals surface area contributed by atoms with E-state index in [4.69, 9.17) is 9.47 Å². The second-order valence-electron chi connectivity index (χ2n) is 7.30. The molecule has 1 heterocycles. The highest BCUT2D eigenvalue weighted by Gasteiger charge is 2.19. The van der Waals surface area contributed by atoms with Crippen LogP contribution in [0, 0.1) is 0 Å². The van der Waals surface area contributed by atoms with Crippen molar-refractivity contribution in [2.24, 2.45) is 7.05 Å². The van der Waals surface area contributed by atoms with Crippen LogP contribution in [0.15, 0.2) is 36.5 Å². The molecule has 0 aliphatic carbocycles. The van der Waals surface area contributed by atoms with E-state index in [9.17, 15) is 9.59 Å². The monoisotopic (exact) mass is 359 g/mol. The van der Waals surface area contributed by atoms with Crippen LogP contribution in [0.4, 0.5) is 4.79 Å². The van der Waals surface area contributed by atoms with Gasteiger partial charge in [0.25, 0.3) is 0 Å². The number of aromatic nitrogens is 1. The molecule has 0 aliphatic rings. The van der Waals surface area contributed by atoms with E-state index in [0.717, 1.165) is 16.5 Å². The van der Waals surface area contributed by atoms with Gasteiger partial charge in [-0.3, -0.25) is 10.1 Å². The van der Waals surface area contributed by atoms with Crippen LogP contribution in [0.3, 0.4) is 0 Å². The molecule has 1 N–H and O–H groups in total. The van der Waals surface area contributed by atoms with Crippen LogP contribution in [0.1, 0.15) is 39.7 Å². The lowest BCUT2D eigenvalue weighted by Crippen LogP contribution is -2.39. The normalized spacial score (nSPS) is 12.5. The Morgan fingerprint density at radius 2 is 1.92 bits per heavy atom. The minimum absolute atomic E-state index is 0.235. The number of hydrogen-bond acceptors (Lipinski definition) is 4. The topological polar surface area (TPSA) is 68.5 Å². The largest absolute Gasteiger partial charge is 0.444 e. The Morgan fingerprint density at radius 1 is 1.23 bits per heavy atom. The van der Waals surface area contributed by atoms with E-state index in [1.165, 1.54) is 0 Å². The van der Waals surface area contributed by atoms with E-state index in [-0.39, 0.29) is 12.4 Å². The summed E-state index contributed by atoms with van der Waals surface area (Å²) in [6, 6.07) is 10.2. The number of benzene rings is 1. The lowest BCUT2D eigenvalue weighted by molar-refractivity contribution is -0.645. The Morgan fingerprint density at radius 3 is 2.62 bits per heavy atom. The number of carbonyl (C=O) groups excluding carboxylic acids is 2. The van der Waals surface area contributed by atoms with Gasteiger partial charge in [0.1, 0.15) is 12.6 Å². The number of aryl methyl sites for hydroxylation is 2. The molecule has 0 fully saturated rings. The number of ether oxygens (including phenoxy) is 2. The molecule has 140 valence electrons. The molecule has 0 radical (unpaired) electrons. The maximum Gasteiger partial charge on any atom is 0.410 e. The van der Waals surface area contributed by atoms with Gasteiger partial charge in [-0.05, 0) is 46.2 Å². The van der Waals surface area contributed by atoms with E-state index in [0.29, 0.717) is 6.42 Å². The standard InChI is InChI=1S/C20H26N2O4/c1-14(21-19(24)26-20(2,3)4)25-18(23)11-10-15-12-16-8-6-7-9-17(16)22(5)13-15/h6-9,12-14H,10-11H2,1-5H3/p+1. The second-order valence-corrected chi connectivity index (χ2v) is 7.30. The smallest absolute Gasteiger partial charge is 0.410 e. The van der Waals surface area contributed by atoms with Crippen LogP contribution in [-0.4, -0.2) is 23.9 Å². The first-order chi connectivity index (χ1) is 12.1. The molecule has 1 unspecified atom stereocenters. The van der Waals surface area contributed by atoms with E-state index in [1.807, 2.05) is 36.0 Å². The van der Waals surface area contributed by atoms with Gasteiger partial charge in [-0.25, -0.2) is 9.36 Å². The maximum absolute atomic E-state index is 12.0. The van der Waals surface area contributed by atoms with Crippen molar-refractivity contribution in [2.75, 3.05) is 0 Å². The summed E-state index contributed by atoms with van der Waals surface area (Å²) in [5.74, 6) is -0.371. The van der Waals surface area contributed by atoms with E-state index in [2.05, 4.69) is 17.4 Å². The SMILES string of the molecule is CC(NC(=O)OC(C)(C)C)OC(=O)CCc1cc2ccccc2[n+](C)c1. The van der Waals surface area contributed by atoms with Gasteiger partial charge in [0.2, 0.25) is 5.52 Å². The van der Waals surface area contributed by atoms with Crippen molar-refractivity contribution >= 4 is 23.0 Å². The second kappa shape index (κ2) is 8.17. The van der Waals surface area contributed by atoms with E-state index < -0.39 is 17.9 Å². The first kappa shape index (κ1) is 19.7. The average Bonchev–Trinajstić information content (AvgIpc) is 2.51. The molecule has 1 aromatic carbocycles. The predicted octanol–water partition coefficient (Wildman–Crippen LogP) is 3.01. The first-order valence-corrected chi connectivity index (χ1v) is 8.70. The van der Waals surface area contributed by atoms with Gasteiger partial charge in [-0.15, -0.1) is 0 Å². The maximum atomic E-state index is 12.0. The molecule has 0 bridgehead atoms. The first-order valence-electron chi connectivity index (χ1n) is 8.70. The molecule has 26 heavy (non-hydrogen) atoms. The van der Waals surface area contributed by atoms with Crippen LogP contribution >= 0.6 is 0 Å². The van der Waals surface area contributed by atoms with Crippen LogP contribution < -0.4 is 9.88 Å². The van der Waals surface area contributed by atoms with Gasteiger partial charge in [0, 0.05) is 23.4 Å². The molecule has 2 rings (SSSR count). The molecular formula is C20H27N2O4+. The number of esters is 1. The van der Waals surface area contributed by atoms with Gasteiger partial charge in [0.15, 0.2) is 12.4 Å². The predicted molar refractivity (Wildman–Crippen MR) is 98.4 cm³/mol. The Bertz CT molecular complexity index is 796. The van der Waals surface area contributed by atoms with Gasteiger partial charge in [0.05, 0.1) is 0 Å². The van der Waals surface area contributed by atoms with Crippen LogP contribution in [0.2, 0.25) is 0 Å². The number of rotatable bonds is 5. The fraction of sp³-hybridized carbons (Fsp3) is 0.450. The Balaban J connectivity index is 1.86. The molecule has 6 nitrogen and oxygen atoms in total. The van der Waals surface area contributed by atoms with Crippen LogP contribution in [0.5, 0.6) is 0 Å². The minimum atomic E-state index is -0.745. The lowest BCUT2D eigenvalue weighted by atomic mass is 10.1. The zero-order chi connectivity index (χ0) is 19.3. The van der Waals surface area contributed by atoms with Crippen LogP contribution in [-0.2, 0) is 27.7 Å². The summed E-state index contributed by atoms with van der Waals surface area (Å²) < 4.78 is 12.4. The number of nitrogens with one attached hydrogen (secondary N) is 1. The lowest BCUT2D eigenvalue weighted by Gasteiger charge is -2.21. The highest BCUT2D eigenvalue weighted by Crippen LogP contribution is 2.13. The van der Waals surface area contributed by atoms with Crippen molar-refractivity contribution in [1.29, 1.82) is 0 Å². The van der Waals surface area contributed by atoms with Gasteiger partial charge >= 0.3 is 12.1 Å². The number of nitrogens with zero attached hydrogens (tertiary/aromatic N) is 1. The molecule has 0 saturated heterocycles. The van der Waals surface area contributed by atoms with Gasteiger partial charge < -0.3 is 9.47 Å². The third kappa shape index (κ3) is 6.02. The average molecular weight is 359 g/mol. The molecule has 1 atom stereocenters. The number of amides is 1. The fourth-order valence-corrected chi connectivity index (χ4v) is 2.63. The summed E-state index contributed by atoms with van der Waals surface area (Å²) in [5.41, 5.74) is 1.59. The Hall–Kier alpha value is -2.63. The molecule has 6 heteroatoms. The number of fused-ring (bicyclic) bond motifs is 1. The number of carbonyl (C=O) groups is 2. The summed E-state index contributed by atoms with van der Waals surface area (Å²) >= 11 is 0. The molecule has 1 aromatic heterocycles. The Kier molecular flexibility index (Phi) is 6.18. The van der Waals surface area contributed by atoms with E-state index >= 15 is 0 Å². The summed E-state index contributed by atoms with van der Waals surface area (Å²) in [6.45, 7) is 6.91. The number of para-hydroxylation sites is 1. The van der Waals surface area contributed by atoms with Crippen molar-refractivity contribution < 1.29 is 23.6 Å². The van der Waals surface area contributed by atoms with E-state index in [1.54, 1.807) is 27.7 Å². The van der Waals surface area contributed by atoms with Crippen molar-refractivity contribution in [3.63, 3.8) is 0 Å². The molecule has 0 aliphatic heterocycles. The van der Waals surface area contributed by atoms with Gasteiger partial charge in [-0.2, -0.15) is 0 Å². The number of pyridine rings is 1. The summed E-state index contributed by atoms with van der Waals surface area (Å²) in [7, 11) is 1.98. The number of alkyl carbamates (subject to hydrolysis) is 1. The molecule has 1 amide bonds. The third-order valence-corrected chi connectivity index (χ3v) is 3.66. The van der Waals surface area contributed by atoms with Crippen molar-refractivity contribution in [3.8, 4) is 0 Å². The molecule has 0 spiro atoms. The van der Waals surface area contributed by atoms with Crippen LogP contribution in [0.25, 0.3) is 10.9 Å². The van der Waals surface area contributed by atoms with Crippen molar-refractivity contribution in [3.05, 3.63) is 42.1 Å². The fourth-order valence-electron chi connectivity index (χ4n) is 2.63. The highest BCUT2D eigenvalue weighted by atomic mass is 16.6. The molecule has 0 saturated carbocycles. The summed E-state index contributed by atoms with van der Waals surface area (Å²) in [6.07, 6.45) is 1.46. The molecule has 2 aromatic rings. The summed E-state index contributed by atoms with van der Waals surface area (Å²) in [4.78, 5) is 23.7. The van der Waals surface area contributed by atoms with Crippen molar-refractivity contribution in [2.45, 2.75) is 52.4 Å². The zero-order valence-corrected chi connectivity index (χ0v) is 16.0. The number of hydrogen-bond donors (Lipinski definition) is 1. The molecular weight excluding hydrogens is 332 g/mol. The summed E-state index contributed by atoms with van der Waals surface area (Å²) in [5, 5.41) is 3.62. The quantitative estimate of drug-likeness (QED) is 0.506. The van der Waals surface area contributed by atoms with Gasteiger partial charge in [-0.1, -0.05) is 12.1 Å². The third-order valence-electron chi connectivity index (χ3n) is 3.66. The minimum Gasteiger partial charge on any atom is -0.444 e.